The maximum Gasteiger partial charge on any atom is 0.191 e. The number of fused-ring (bicyclic) bond motifs is 1. The van der Waals surface area contributed by atoms with Gasteiger partial charge in [-0.2, -0.15) is 0 Å². The van der Waals surface area contributed by atoms with E-state index in [0.29, 0.717) is 0 Å². The molecule has 2 N–H and O–H groups in total. The van der Waals surface area contributed by atoms with Gasteiger partial charge < -0.3 is 15.2 Å². The van der Waals surface area contributed by atoms with Gasteiger partial charge in [-0.15, -0.1) is 24.0 Å². The highest BCUT2D eigenvalue weighted by atomic mass is 127. The van der Waals surface area contributed by atoms with Gasteiger partial charge in [0.2, 0.25) is 0 Å². The average molecular weight is 419 g/mol. The highest BCUT2D eigenvalue weighted by molar-refractivity contribution is 14.0. The SMILES string of the molecule is CCNC(=NCCc1cn2c(n1)CCCC2)NC(C)(C)C.I. The molecule has 2 rings (SSSR count). The summed E-state index contributed by atoms with van der Waals surface area (Å²) in [5.41, 5.74) is 1.19. The van der Waals surface area contributed by atoms with Gasteiger partial charge in [-0.3, -0.25) is 4.99 Å². The molecule has 0 atom stereocenters. The Labute approximate surface area is 151 Å². The van der Waals surface area contributed by atoms with Gasteiger partial charge in [0.15, 0.2) is 5.96 Å². The van der Waals surface area contributed by atoms with Crippen molar-refractivity contribution < 1.29 is 0 Å². The van der Waals surface area contributed by atoms with E-state index >= 15 is 0 Å². The van der Waals surface area contributed by atoms with Gasteiger partial charge in [-0.1, -0.05) is 0 Å². The third kappa shape index (κ3) is 6.14. The molecule has 0 spiro atoms. The quantitative estimate of drug-likeness (QED) is 0.448. The van der Waals surface area contributed by atoms with Crippen LogP contribution in [0.5, 0.6) is 0 Å². The minimum Gasteiger partial charge on any atom is -0.357 e. The first-order valence-corrected chi connectivity index (χ1v) is 8.09. The number of hydrogen-bond donors (Lipinski definition) is 2. The van der Waals surface area contributed by atoms with Crippen LogP contribution in [0.1, 0.15) is 52.1 Å². The van der Waals surface area contributed by atoms with Crippen molar-refractivity contribution in [3.63, 3.8) is 0 Å². The molecule has 1 aliphatic rings. The number of aryl methyl sites for hydroxylation is 2. The first kappa shape index (κ1) is 19.3. The molecule has 0 unspecified atom stereocenters. The molecule has 0 aromatic carbocycles. The van der Waals surface area contributed by atoms with Crippen LogP contribution in [0.25, 0.3) is 0 Å². The van der Waals surface area contributed by atoms with E-state index in [0.717, 1.165) is 38.4 Å². The molecule has 1 aromatic rings. The number of aliphatic imine (C=N–C) groups is 1. The van der Waals surface area contributed by atoms with Crippen LogP contribution in [0.2, 0.25) is 0 Å². The van der Waals surface area contributed by atoms with Crippen LogP contribution in [0.4, 0.5) is 0 Å². The van der Waals surface area contributed by atoms with E-state index < -0.39 is 0 Å². The van der Waals surface area contributed by atoms with E-state index in [1.54, 1.807) is 0 Å². The Kier molecular flexibility index (Phi) is 7.65. The first-order valence-electron chi connectivity index (χ1n) is 8.09. The van der Waals surface area contributed by atoms with E-state index in [-0.39, 0.29) is 29.5 Å². The van der Waals surface area contributed by atoms with E-state index in [9.17, 15) is 0 Å². The zero-order chi connectivity index (χ0) is 15.3. The highest BCUT2D eigenvalue weighted by Gasteiger charge is 2.13. The van der Waals surface area contributed by atoms with E-state index in [1.807, 2.05) is 0 Å². The second-order valence-corrected chi connectivity index (χ2v) is 6.68. The van der Waals surface area contributed by atoms with Gasteiger partial charge in [-0.25, -0.2) is 4.98 Å². The molecule has 5 nitrogen and oxygen atoms in total. The molecule has 0 amide bonds. The molecule has 2 heterocycles. The van der Waals surface area contributed by atoms with Crippen molar-refractivity contribution >= 4 is 29.9 Å². The van der Waals surface area contributed by atoms with Gasteiger partial charge in [0, 0.05) is 44.2 Å². The van der Waals surface area contributed by atoms with Crippen molar-refractivity contribution in [3.8, 4) is 0 Å². The second kappa shape index (κ2) is 8.74. The van der Waals surface area contributed by atoms with Gasteiger partial charge in [0.05, 0.1) is 5.69 Å². The van der Waals surface area contributed by atoms with Gasteiger partial charge in [-0.05, 0) is 40.5 Å². The molecule has 1 aromatic heterocycles. The monoisotopic (exact) mass is 419 g/mol. The van der Waals surface area contributed by atoms with Crippen LogP contribution in [0.3, 0.4) is 0 Å². The number of nitrogens with one attached hydrogen (secondary N) is 2. The lowest BCUT2D eigenvalue weighted by Gasteiger charge is -2.23. The predicted octanol–water partition coefficient (Wildman–Crippen LogP) is 2.73. The molecule has 0 radical (unpaired) electrons. The van der Waals surface area contributed by atoms with Crippen LogP contribution in [0.15, 0.2) is 11.2 Å². The zero-order valence-electron chi connectivity index (χ0n) is 14.3. The van der Waals surface area contributed by atoms with E-state index in [2.05, 4.69) is 54.1 Å². The number of halogens is 1. The standard InChI is InChI=1S/C16H29N5.HI/c1-5-17-15(20-16(2,3)4)18-10-9-13-12-21-11-7-6-8-14(21)19-13;/h12H,5-11H2,1-4H3,(H2,17,18,20);1H. The summed E-state index contributed by atoms with van der Waals surface area (Å²) in [4.78, 5) is 9.37. The van der Waals surface area contributed by atoms with Crippen LogP contribution >= 0.6 is 24.0 Å². The van der Waals surface area contributed by atoms with Gasteiger partial charge >= 0.3 is 0 Å². The van der Waals surface area contributed by atoms with Gasteiger partial charge in [0.25, 0.3) is 0 Å². The average Bonchev–Trinajstić information content (AvgIpc) is 2.79. The summed E-state index contributed by atoms with van der Waals surface area (Å²) in [6, 6.07) is 0. The first-order chi connectivity index (χ1) is 9.98. The van der Waals surface area contributed by atoms with Crippen LogP contribution < -0.4 is 10.6 Å². The molecule has 126 valence electrons. The van der Waals surface area contributed by atoms with Crippen LogP contribution in [0, 0.1) is 0 Å². The number of aromatic nitrogens is 2. The van der Waals surface area contributed by atoms with E-state index in [4.69, 9.17) is 4.98 Å². The Balaban J connectivity index is 0.00000242. The minimum absolute atomic E-state index is 0. The Bertz CT molecular complexity index is 464. The third-order valence-corrected chi connectivity index (χ3v) is 3.43. The molecule has 0 bridgehead atoms. The zero-order valence-corrected chi connectivity index (χ0v) is 16.6. The van der Waals surface area contributed by atoms with Crippen molar-refractivity contribution in [2.24, 2.45) is 4.99 Å². The summed E-state index contributed by atoms with van der Waals surface area (Å²) in [5.74, 6) is 2.13. The van der Waals surface area contributed by atoms with Crippen LogP contribution in [-0.4, -0.2) is 34.1 Å². The van der Waals surface area contributed by atoms with Crippen LogP contribution in [-0.2, 0) is 19.4 Å². The molecule has 1 aliphatic heterocycles. The lowest BCUT2D eigenvalue weighted by molar-refractivity contribution is 0.501. The fraction of sp³-hybridized carbons (Fsp3) is 0.750. The molecule has 22 heavy (non-hydrogen) atoms. The largest absolute Gasteiger partial charge is 0.357 e. The fourth-order valence-electron chi connectivity index (χ4n) is 2.54. The Morgan fingerprint density at radius 2 is 2.14 bits per heavy atom. The Morgan fingerprint density at radius 3 is 2.77 bits per heavy atom. The van der Waals surface area contributed by atoms with Crippen molar-refractivity contribution in [1.29, 1.82) is 0 Å². The summed E-state index contributed by atoms with van der Waals surface area (Å²) in [6.45, 7) is 11.3. The summed E-state index contributed by atoms with van der Waals surface area (Å²) < 4.78 is 2.31. The normalized spacial score (nSPS) is 15.0. The van der Waals surface area contributed by atoms with Crippen molar-refractivity contribution in [2.45, 2.75) is 65.5 Å². The minimum atomic E-state index is 0. The smallest absolute Gasteiger partial charge is 0.191 e. The summed E-state index contributed by atoms with van der Waals surface area (Å²) >= 11 is 0. The van der Waals surface area contributed by atoms with Crippen molar-refractivity contribution in [2.75, 3.05) is 13.1 Å². The molecule has 0 saturated heterocycles. The number of guanidine groups is 1. The fourth-order valence-corrected chi connectivity index (χ4v) is 2.54. The van der Waals surface area contributed by atoms with E-state index in [1.165, 1.54) is 24.4 Å². The lowest BCUT2D eigenvalue weighted by atomic mass is 10.1. The Hall–Kier alpha value is -0.790. The van der Waals surface area contributed by atoms with Gasteiger partial charge in [0.1, 0.15) is 5.82 Å². The maximum atomic E-state index is 4.72. The summed E-state index contributed by atoms with van der Waals surface area (Å²) in [5, 5.41) is 6.69. The lowest BCUT2D eigenvalue weighted by Crippen LogP contribution is -2.47. The number of nitrogens with zero attached hydrogens (tertiary/aromatic N) is 3. The topological polar surface area (TPSA) is 54.2 Å². The number of rotatable bonds is 4. The maximum absolute atomic E-state index is 4.72. The second-order valence-electron chi connectivity index (χ2n) is 6.68. The number of hydrogen-bond acceptors (Lipinski definition) is 2. The molecule has 0 aliphatic carbocycles. The summed E-state index contributed by atoms with van der Waals surface area (Å²) in [7, 11) is 0. The summed E-state index contributed by atoms with van der Waals surface area (Å²) in [6.07, 6.45) is 6.78. The Morgan fingerprint density at radius 1 is 1.36 bits per heavy atom. The molecular weight excluding hydrogens is 389 g/mol. The highest BCUT2D eigenvalue weighted by Crippen LogP contribution is 2.14. The molecule has 6 heteroatoms. The molecule has 0 fully saturated rings. The molecular formula is C16H30IN5. The van der Waals surface area contributed by atoms with Crippen molar-refractivity contribution in [1.82, 2.24) is 20.2 Å². The van der Waals surface area contributed by atoms with Crippen molar-refractivity contribution in [3.05, 3.63) is 17.7 Å². The molecule has 0 saturated carbocycles. The third-order valence-electron chi connectivity index (χ3n) is 3.43. The predicted molar refractivity (Wildman–Crippen MR) is 103 cm³/mol. The number of imidazole rings is 1.